The number of amides is 1. The minimum absolute atomic E-state index is 0.0133. The van der Waals surface area contributed by atoms with Crippen LogP contribution in [0.3, 0.4) is 0 Å². The maximum absolute atomic E-state index is 12.3. The molecular weight excluding hydrogens is 336 g/mol. The van der Waals surface area contributed by atoms with Crippen LogP contribution < -0.4 is 15.2 Å². The molecule has 2 N–H and O–H groups in total. The van der Waals surface area contributed by atoms with E-state index in [4.69, 9.17) is 15.2 Å². The molecule has 0 heterocycles. The van der Waals surface area contributed by atoms with E-state index in [1.54, 1.807) is 30.3 Å². The molecule has 0 aliphatic heterocycles. The third kappa shape index (κ3) is 4.66. The van der Waals surface area contributed by atoms with E-state index in [2.05, 4.69) is 4.74 Å². The maximum atomic E-state index is 12.3. The Morgan fingerprint density at radius 1 is 1.04 bits per heavy atom. The van der Waals surface area contributed by atoms with Gasteiger partial charge in [-0.1, -0.05) is 30.3 Å². The second kappa shape index (κ2) is 8.09. The average molecular weight is 351 g/mol. The summed E-state index contributed by atoms with van der Waals surface area (Å²) in [6.07, 6.45) is -1.28. The molecule has 8 heteroatoms. The van der Waals surface area contributed by atoms with Crippen molar-refractivity contribution in [2.24, 2.45) is 5.73 Å². The van der Waals surface area contributed by atoms with E-state index >= 15 is 0 Å². The Morgan fingerprint density at radius 3 is 2.28 bits per heavy atom. The van der Waals surface area contributed by atoms with E-state index in [0.29, 0.717) is 5.56 Å². The Kier molecular flexibility index (Phi) is 5.89. The van der Waals surface area contributed by atoms with E-state index in [1.165, 1.54) is 19.2 Å². The Morgan fingerprint density at radius 2 is 1.72 bits per heavy atom. The number of carbonyl (C=O) groups is 2. The molecule has 1 unspecified atom stereocenters. The van der Waals surface area contributed by atoms with E-state index in [1.807, 2.05) is 0 Å². The van der Waals surface area contributed by atoms with Crippen LogP contribution >= 0.6 is 0 Å². The number of alkyl halides is 2. The number of carbonyl (C=O) groups excluding carboxylic acids is 2. The van der Waals surface area contributed by atoms with Crippen LogP contribution in [0.4, 0.5) is 8.78 Å². The third-order valence-electron chi connectivity index (χ3n) is 3.20. The molecule has 0 saturated carbocycles. The fourth-order valence-electron chi connectivity index (χ4n) is 2.08. The Bertz CT molecular complexity index is 752. The van der Waals surface area contributed by atoms with Gasteiger partial charge in [-0.2, -0.15) is 8.78 Å². The van der Waals surface area contributed by atoms with Gasteiger partial charge in [0.15, 0.2) is 11.5 Å². The summed E-state index contributed by atoms with van der Waals surface area (Å²) < 4.78 is 39.0. The number of hydrogen-bond donors (Lipinski definition) is 1. The fraction of sp³-hybridized carbons (Fsp3) is 0.176. The summed E-state index contributed by atoms with van der Waals surface area (Å²) in [5.41, 5.74) is 5.68. The number of esters is 1. The molecule has 2 aromatic rings. The van der Waals surface area contributed by atoms with E-state index in [9.17, 15) is 18.4 Å². The van der Waals surface area contributed by atoms with Gasteiger partial charge in [0.2, 0.25) is 6.10 Å². The summed E-state index contributed by atoms with van der Waals surface area (Å²) in [6.45, 7) is -3.04. The van der Waals surface area contributed by atoms with Gasteiger partial charge in [0, 0.05) is 5.56 Å². The lowest BCUT2D eigenvalue weighted by Crippen LogP contribution is -2.26. The van der Waals surface area contributed by atoms with Gasteiger partial charge < -0.3 is 19.9 Å². The Labute approximate surface area is 142 Å². The van der Waals surface area contributed by atoms with Crippen molar-refractivity contribution >= 4 is 11.9 Å². The molecule has 1 amide bonds. The lowest BCUT2D eigenvalue weighted by molar-refractivity contribution is -0.127. The summed E-state index contributed by atoms with van der Waals surface area (Å²) in [7, 11) is 1.24. The molecule has 2 rings (SSSR count). The van der Waals surface area contributed by atoms with E-state index in [0.717, 1.165) is 6.07 Å². The average Bonchev–Trinajstić information content (AvgIpc) is 2.59. The van der Waals surface area contributed by atoms with Gasteiger partial charge in [0.1, 0.15) is 0 Å². The molecule has 1 atom stereocenters. The van der Waals surface area contributed by atoms with Crippen LogP contribution in [0.5, 0.6) is 11.5 Å². The standard InChI is InChI=1S/C17H15F2NO5/c1-23-13-9-11(7-8-12(13)24-17(18)19)16(22)25-14(15(20)21)10-5-3-2-4-6-10/h2-9,14,17H,1H3,(H2,20,21). The number of hydrogen-bond acceptors (Lipinski definition) is 5. The number of nitrogens with two attached hydrogens (primary N) is 1. The zero-order valence-corrected chi connectivity index (χ0v) is 13.1. The molecule has 0 aromatic heterocycles. The zero-order valence-electron chi connectivity index (χ0n) is 13.1. The molecule has 0 bridgehead atoms. The van der Waals surface area contributed by atoms with Crippen LogP contribution in [0, 0.1) is 0 Å². The number of benzene rings is 2. The van der Waals surface area contributed by atoms with Crippen molar-refractivity contribution in [3.05, 3.63) is 59.7 Å². The minimum atomic E-state index is -3.04. The first-order chi connectivity index (χ1) is 11.9. The smallest absolute Gasteiger partial charge is 0.387 e. The van der Waals surface area contributed by atoms with Gasteiger partial charge in [0.25, 0.3) is 5.91 Å². The number of rotatable bonds is 7. The lowest BCUT2D eigenvalue weighted by atomic mass is 10.1. The van der Waals surface area contributed by atoms with Gasteiger partial charge in [-0.05, 0) is 18.2 Å². The molecule has 0 aliphatic rings. The molecule has 0 radical (unpaired) electrons. The van der Waals surface area contributed by atoms with E-state index < -0.39 is 24.6 Å². The molecule has 0 aliphatic carbocycles. The van der Waals surface area contributed by atoms with Crippen LogP contribution in [0.25, 0.3) is 0 Å². The normalized spacial score (nSPS) is 11.7. The van der Waals surface area contributed by atoms with Crippen LogP contribution in [0.15, 0.2) is 48.5 Å². The zero-order chi connectivity index (χ0) is 18.4. The summed E-state index contributed by atoms with van der Waals surface area (Å²) in [5, 5.41) is 0. The van der Waals surface area contributed by atoms with Crippen molar-refractivity contribution in [2.75, 3.05) is 7.11 Å². The quantitative estimate of drug-likeness (QED) is 0.775. The minimum Gasteiger partial charge on any atom is -0.493 e. The number of primary amides is 1. The molecule has 0 spiro atoms. The van der Waals surface area contributed by atoms with Gasteiger partial charge >= 0.3 is 12.6 Å². The molecular formula is C17H15F2NO5. The predicted molar refractivity (Wildman–Crippen MR) is 83.4 cm³/mol. The Balaban J connectivity index is 2.23. The highest BCUT2D eigenvalue weighted by molar-refractivity contribution is 5.93. The predicted octanol–water partition coefficient (Wildman–Crippen LogP) is 2.68. The van der Waals surface area contributed by atoms with Crippen molar-refractivity contribution in [2.45, 2.75) is 12.7 Å². The maximum Gasteiger partial charge on any atom is 0.387 e. The second-order valence-corrected chi connectivity index (χ2v) is 4.84. The molecule has 2 aromatic carbocycles. The monoisotopic (exact) mass is 351 g/mol. The van der Waals surface area contributed by atoms with Gasteiger partial charge in [-0.15, -0.1) is 0 Å². The first kappa shape index (κ1) is 18.2. The highest BCUT2D eigenvalue weighted by Gasteiger charge is 2.24. The third-order valence-corrected chi connectivity index (χ3v) is 3.20. The molecule has 0 fully saturated rings. The van der Waals surface area contributed by atoms with Gasteiger partial charge in [0.05, 0.1) is 12.7 Å². The highest BCUT2D eigenvalue weighted by atomic mass is 19.3. The number of halogens is 2. The number of methoxy groups -OCH3 is 1. The largest absolute Gasteiger partial charge is 0.493 e. The molecule has 132 valence electrons. The first-order valence-corrected chi connectivity index (χ1v) is 7.10. The lowest BCUT2D eigenvalue weighted by Gasteiger charge is -2.16. The molecule has 25 heavy (non-hydrogen) atoms. The van der Waals surface area contributed by atoms with Gasteiger partial charge in [-0.25, -0.2) is 4.79 Å². The Hall–Kier alpha value is -3.16. The summed E-state index contributed by atoms with van der Waals surface area (Å²) >= 11 is 0. The highest BCUT2D eigenvalue weighted by Crippen LogP contribution is 2.30. The summed E-state index contributed by atoms with van der Waals surface area (Å²) in [6, 6.07) is 11.8. The number of ether oxygens (including phenoxy) is 3. The van der Waals surface area contributed by atoms with Crippen molar-refractivity contribution in [3.8, 4) is 11.5 Å². The SMILES string of the molecule is COc1cc(C(=O)OC(C(N)=O)c2ccccc2)ccc1OC(F)F. The first-order valence-electron chi connectivity index (χ1n) is 7.10. The summed E-state index contributed by atoms with van der Waals surface area (Å²) in [4.78, 5) is 23.8. The van der Waals surface area contributed by atoms with Crippen molar-refractivity contribution in [1.29, 1.82) is 0 Å². The van der Waals surface area contributed by atoms with Crippen molar-refractivity contribution in [1.82, 2.24) is 0 Å². The van der Waals surface area contributed by atoms with Crippen molar-refractivity contribution < 1.29 is 32.6 Å². The second-order valence-electron chi connectivity index (χ2n) is 4.84. The van der Waals surface area contributed by atoms with Crippen LogP contribution in [0.2, 0.25) is 0 Å². The van der Waals surface area contributed by atoms with Crippen LogP contribution in [-0.4, -0.2) is 25.6 Å². The molecule has 0 saturated heterocycles. The topological polar surface area (TPSA) is 87.9 Å². The van der Waals surface area contributed by atoms with E-state index in [-0.39, 0.29) is 17.1 Å². The van der Waals surface area contributed by atoms with Crippen LogP contribution in [0.1, 0.15) is 22.0 Å². The fourth-order valence-corrected chi connectivity index (χ4v) is 2.08. The van der Waals surface area contributed by atoms with Crippen molar-refractivity contribution in [3.63, 3.8) is 0 Å². The van der Waals surface area contributed by atoms with Gasteiger partial charge in [-0.3, -0.25) is 4.79 Å². The summed E-state index contributed by atoms with van der Waals surface area (Å²) in [5.74, 6) is -2.02. The van der Waals surface area contributed by atoms with Crippen LogP contribution in [-0.2, 0) is 9.53 Å². The molecule has 6 nitrogen and oxygen atoms in total.